The lowest BCUT2D eigenvalue weighted by molar-refractivity contribution is 0.322. The fraction of sp³-hybridized carbons (Fsp3) is 0.333. The van der Waals surface area contributed by atoms with Crippen molar-refractivity contribution in [2.75, 3.05) is 26.6 Å². The summed E-state index contributed by atoms with van der Waals surface area (Å²) in [5.74, 6) is 2.20. The number of benzene rings is 1. The highest BCUT2D eigenvalue weighted by atomic mass is 32.2. The molecule has 0 saturated heterocycles. The molecule has 7 heteroatoms. The molecule has 0 radical (unpaired) electrons. The summed E-state index contributed by atoms with van der Waals surface area (Å²) >= 11 is 1.30. The number of hydrogen-bond donors (Lipinski definition) is 1. The highest BCUT2D eigenvalue weighted by Crippen LogP contribution is 2.30. The fourth-order valence-electron chi connectivity index (χ4n) is 1.45. The van der Waals surface area contributed by atoms with E-state index in [4.69, 9.17) is 19.0 Å². The number of ether oxygens (including phenoxy) is 2. The van der Waals surface area contributed by atoms with Crippen LogP contribution in [-0.4, -0.2) is 41.9 Å². The van der Waals surface area contributed by atoms with Gasteiger partial charge in [0.15, 0.2) is 0 Å². The van der Waals surface area contributed by atoms with E-state index in [2.05, 4.69) is 10.2 Å². The van der Waals surface area contributed by atoms with E-state index < -0.39 is 0 Å². The zero-order chi connectivity index (χ0) is 13.7. The minimum absolute atomic E-state index is 0.0648. The molecule has 1 N–H and O–H groups in total. The summed E-state index contributed by atoms with van der Waals surface area (Å²) in [5, 5.41) is 17.0. The van der Waals surface area contributed by atoms with Crippen LogP contribution in [0.4, 0.5) is 0 Å². The van der Waals surface area contributed by atoms with Gasteiger partial charge in [-0.05, 0) is 12.1 Å². The van der Waals surface area contributed by atoms with Crippen LogP contribution in [0.15, 0.2) is 27.8 Å². The third kappa shape index (κ3) is 3.39. The summed E-state index contributed by atoms with van der Waals surface area (Å²) in [5.41, 5.74) is 0.722. The molecule has 0 aliphatic carbocycles. The second kappa shape index (κ2) is 6.44. The number of hydrogen-bond acceptors (Lipinski definition) is 7. The minimum atomic E-state index is 0.0648. The molecule has 19 heavy (non-hydrogen) atoms. The number of rotatable bonds is 6. The Labute approximate surface area is 114 Å². The van der Waals surface area contributed by atoms with Crippen molar-refractivity contribution in [2.24, 2.45) is 0 Å². The van der Waals surface area contributed by atoms with Crippen molar-refractivity contribution in [2.45, 2.75) is 5.22 Å². The van der Waals surface area contributed by atoms with Gasteiger partial charge in [-0.25, -0.2) is 0 Å². The molecule has 0 amide bonds. The van der Waals surface area contributed by atoms with Crippen molar-refractivity contribution in [1.82, 2.24) is 10.2 Å². The van der Waals surface area contributed by atoms with E-state index in [0.29, 0.717) is 28.4 Å². The second-order valence-corrected chi connectivity index (χ2v) is 4.59. The predicted molar refractivity (Wildman–Crippen MR) is 70.6 cm³/mol. The number of methoxy groups -OCH3 is 2. The zero-order valence-electron chi connectivity index (χ0n) is 10.6. The summed E-state index contributed by atoms with van der Waals surface area (Å²) in [6.07, 6.45) is 0. The summed E-state index contributed by atoms with van der Waals surface area (Å²) < 4.78 is 15.9. The van der Waals surface area contributed by atoms with Crippen LogP contribution in [0.3, 0.4) is 0 Å². The lowest BCUT2D eigenvalue weighted by Gasteiger charge is -2.05. The van der Waals surface area contributed by atoms with Gasteiger partial charge in [0, 0.05) is 17.4 Å². The topological polar surface area (TPSA) is 77.6 Å². The van der Waals surface area contributed by atoms with E-state index in [1.165, 1.54) is 11.8 Å². The van der Waals surface area contributed by atoms with E-state index >= 15 is 0 Å². The largest absolute Gasteiger partial charge is 0.497 e. The Balaban J connectivity index is 2.27. The third-order valence-electron chi connectivity index (χ3n) is 2.32. The van der Waals surface area contributed by atoms with Gasteiger partial charge in [0.2, 0.25) is 5.89 Å². The second-order valence-electron chi connectivity index (χ2n) is 3.55. The Morgan fingerprint density at radius 1 is 1.16 bits per heavy atom. The summed E-state index contributed by atoms with van der Waals surface area (Å²) in [6.45, 7) is 0.0648. The molecule has 102 valence electrons. The molecule has 1 heterocycles. The maximum absolute atomic E-state index is 8.74. The van der Waals surface area contributed by atoms with Crippen LogP contribution in [0.1, 0.15) is 0 Å². The van der Waals surface area contributed by atoms with Crippen LogP contribution in [0.2, 0.25) is 0 Å². The predicted octanol–water partition coefficient (Wildman–Crippen LogP) is 1.84. The van der Waals surface area contributed by atoms with Crippen molar-refractivity contribution >= 4 is 11.8 Å². The molecule has 0 fully saturated rings. The quantitative estimate of drug-likeness (QED) is 0.810. The van der Waals surface area contributed by atoms with Crippen LogP contribution in [0.25, 0.3) is 11.5 Å². The van der Waals surface area contributed by atoms with E-state index in [1.807, 2.05) is 0 Å². The molecular weight excluding hydrogens is 268 g/mol. The molecule has 0 aliphatic rings. The SMILES string of the molecule is COc1cc(OC)cc(-c2nnc(SCCO)o2)c1. The van der Waals surface area contributed by atoms with Crippen LogP contribution < -0.4 is 9.47 Å². The Morgan fingerprint density at radius 3 is 2.42 bits per heavy atom. The van der Waals surface area contributed by atoms with Crippen molar-refractivity contribution in [3.05, 3.63) is 18.2 Å². The van der Waals surface area contributed by atoms with E-state index in [1.54, 1.807) is 32.4 Å². The number of aliphatic hydroxyl groups is 1. The molecule has 2 aromatic rings. The molecule has 2 rings (SSSR count). The van der Waals surface area contributed by atoms with Gasteiger partial charge in [0.1, 0.15) is 11.5 Å². The number of nitrogens with zero attached hydrogens (tertiary/aromatic N) is 2. The molecule has 0 aliphatic heterocycles. The van der Waals surface area contributed by atoms with Gasteiger partial charge in [0.05, 0.1) is 20.8 Å². The van der Waals surface area contributed by atoms with Gasteiger partial charge in [-0.3, -0.25) is 0 Å². The number of aliphatic hydroxyl groups excluding tert-OH is 1. The summed E-state index contributed by atoms with van der Waals surface area (Å²) in [4.78, 5) is 0. The Morgan fingerprint density at radius 2 is 1.84 bits per heavy atom. The van der Waals surface area contributed by atoms with Crippen molar-refractivity contribution in [1.29, 1.82) is 0 Å². The molecule has 6 nitrogen and oxygen atoms in total. The highest BCUT2D eigenvalue weighted by molar-refractivity contribution is 7.99. The Bertz CT molecular complexity index is 522. The zero-order valence-corrected chi connectivity index (χ0v) is 11.4. The van der Waals surface area contributed by atoms with Gasteiger partial charge in [-0.1, -0.05) is 11.8 Å². The summed E-state index contributed by atoms with van der Waals surface area (Å²) in [6, 6.07) is 5.34. The fourth-order valence-corrected chi connectivity index (χ4v) is 1.95. The van der Waals surface area contributed by atoms with Crippen molar-refractivity contribution in [3.63, 3.8) is 0 Å². The average molecular weight is 282 g/mol. The van der Waals surface area contributed by atoms with Gasteiger partial charge in [-0.2, -0.15) is 0 Å². The average Bonchev–Trinajstić information content (AvgIpc) is 2.93. The lowest BCUT2D eigenvalue weighted by atomic mass is 10.2. The van der Waals surface area contributed by atoms with E-state index in [9.17, 15) is 0 Å². The summed E-state index contributed by atoms with van der Waals surface area (Å²) in [7, 11) is 3.16. The number of aromatic nitrogens is 2. The van der Waals surface area contributed by atoms with E-state index in [0.717, 1.165) is 5.56 Å². The Kier molecular flexibility index (Phi) is 4.64. The third-order valence-corrected chi connectivity index (χ3v) is 3.12. The smallest absolute Gasteiger partial charge is 0.276 e. The molecule has 0 saturated carbocycles. The van der Waals surface area contributed by atoms with Crippen LogP contribution in [0, 0.1) is 0 Å². The molecule has 0 unspecified atom stereocenters. The van der Waals surface area contributed by atoms with Crippen molar-refractivity contribution < 1.29 is 19.0 Å². The minimum Gasteiger partial charge on any atom is -0.497 e. The standard InChI is InChI=1S/C12H14N2O4S/c1-16-9-5-8(6-10(7-9)17-2)11-13-14-12(18-11)19-4-3-15/h5-7,15H,3-4H2,1-2H3. The van der Waals surface area contributed by atoms with Gasteiger partial charge in [-0.15, -0.1) is 10.2 Å². The normalized spacial score (nSPS) is 10.5. The first-order valence-corrected chi connectivity index (χ1v) is 6.56. The monoisotopic (exact) mass is 282 g/mol. The maximum atomic E-state index is 8.74. The molecule has 1 aromatic carbocycles. The van der Waals surface area contributed by atoms with Gasteiger partial charge < -0.3 is 19.0 Å². The van der Waals surface area contributed by atoms with Gasteiger partial charge >= 0.3 is 0 Å². The number of thioether (sulfide) groups is 1. The maximum Gasteiger partial charge on any atom is 0.276 e. The van der Waals surface area contributed by atoms with Crippen LogP contribution in [0.5, 0.6) is 11.5 Å². The van der Waals surface area contributed by atoms with Crippen LogP contribution in [-0.2, 0) is 0 Å². The molecule has 1 aromatic heterocycles. The molecular formula is C12H14N2O4S. The van der Waals surface area contributed by atoms with Crippen LogP contribution >= 0.6 is 11.8 Å². The van der Waals surface area contributed by atoms with E-state index in [-0.39, 0.29) is 6.61 Å². The molecule has 0 spiro atoms. The first-order valence-electron chi connectivity index (χ1n) is 5.57. The molecule has 0 atom stereocenters. The van der Waals surface area contributed by atoms with Crippen molar-refractivity contribution in [3.8, 4) is 23.0 Å². The highest BCUT2D eigenvalue weighted by Gasteiger charge is 2.11. The Hall–Kier alpha value is -1.73. The van der Waals surface area contributed by atoms with Gasteiger partial charge in [0.25, 0.3) is 5.22 Å². The molecule has 0 bridgehead atoms. The lowest BCUT2D eigenvalue weighted by Crippen LogP contribution is -1.88. The first-order chi connectivity index (χ1) is 9.26. The first kappa shape index (κ1) is 13.7.